The fourth-order valence-electron chi connectivity index (χ4n) is 2.30. The van der Waals surface area contributed by atoms with Crippen molar-refractivity contribution in [1.82, 2.24) is 19.1 Å². The molecule has 1 heterocycles. The van der Waals surface area contributed by atoms with Crippen molar-refractivity contribution in [3.63, 3.8) is 0 Å². The van der Waals surface area contributed by atoms with Crippen LogP contribution in [0, 0.1) is 0 Å². The molecule has 0 aromatic carbocycles. The third kappa shape index (κ3) is 2.75. The first-order valence-electron chi connectivity index (χ1n) is 6.36. The van der Waals surface area contributed by atoms with Crippen molar-refractivity contribution in [3.8, 4) is 0 Å². The number of hydrogen-bond acceptors (Lipinski definition) is 4. The summed E-state index contributed by atoms with van der Waals surface area (Å²) in [5.41, 5.74) is 0.102. The molecule has 100 valence electrons. The second-order valence-corrected chi connectivity index (χ2v) is 8.70. The Morgan fingerprint density at radius 3 is 1.76 bits per heavy atom. The molecule has 0 bridgehead atoms. The van der Waals surface area contributed by atoms with Crippen molar-refractivity contribution in [2.75, 3.05) is 27.2 Å². The maximum atomic E-state index is 3.86. The molecule has 0 atom stereocenters. The fourth-order valence-corrected chi connectivity index (χ4v) is 6.18. The Morgan fingerprint density at radius 2 is 1.47 bits per heavy atom. The van der Waals surface area contributed by atoms with Gasteiger partial charge in [-0.1, -0.05) is 0 Å². The summed E-state index contributed by atoms with van der Waals surface area (Å²) in [6.45, 7) is 13.3. The van der Waals surface area contributed by atoms with Crippen molar-refractivity contribution >= 4 is 7.87 Å². The molecule has 0 fully saturated rings. The van der Waals surface area contributed by atoms with Gasteiger partial charge in [-0.3, -0.25) is 0 Å². The molecule has 1 aliphatic heterocycles. The molecule has 1 rings (SSSR count). The second-order valence-electron chi connectivity index (χ2n) is 5.51. The lowest BCUT2D eigenvalue weighted by atomic mass is 10.1. The van der Waals surface area contributed by atoms with Crippen molar-refractivity contribution in [2.45, 2.75) is 40.2 Å². The van der Waals surface area contributed by atoms with Crippen LogP contribution in [0.4, 0.5) is 0 Å². The minimum Gasteiger partial charge on any atom is -0.207 e. The predicted molar refractivity (Wildman–Crippen MR) is 77.4 cm³/mol. The molecule has 4 nitrogen and oxygen atoms in total. The van der Waals surface area contributed by atoms with Crippen LogP contribution in [0.15, 0.2) is 12.4 Å². The summed E-state index contributed by atoms with van der Waals surface area (Å²) >= 11 is 0. The Balaban J connectivity index is 3.09. The lowest BCUT2D eigenvalue weighted by Gasteiger charge is -2.42. The van der Waals surface area contributed by atoms with Gasteiger partial charge in [0.05, 0.1) is 12.4 Å². The first-order chi connectivity index (χ1) is 7.78. The van der Waals surface area contributed by atoms with E-state index in [4.69, 9.17) is 0 Å². The third-order valence-corrected chi connectivity index (χ3v) is 7.34. The van der Waals surface area contributed by atoms with Crippen molar-refractivity contribution < 1.29 is 0 Å². The van der Waals surface area contributed by atoms with Gasteiger partial charge in [0.15, 0.2) is 0 Å². The van der Waals surface area contributed by atoms with E-state index < -0.39 is 7.87 Å². The molecule has 0 saturated heterocycles. The zero-order chi connectivity index (χ0) is 13.3. The normalized spacial score (nSPS) is 19.5. The van der Waals surface area contributed by atoms with E-state index in [1.165, 1.54) is 0 Å². The first-order valence-corrected chi connectivity index (χ1v) is 8.01. The van der Waals surface area contributed by atoms with Crippen LogP contribution in [0.3, 0.4) is 0 Å². The molecule has 0 saturated carbocycles. The third-order valence-electron chi connectivity index (χ3n) is 2.99. The van der Waals surface area contributed by atoms with E-state index >= 15 is 0 Å². The van der Waals surface area contributed by atoms with Crippen molar-refractivity contribution in [2.24, 2.45) is 0 Å². The molecule has 0 aromatic rings. The van der Waals surface area contributed by atoms with E-state index in [0.717, 1.165) is 13.1 Å². The first kappa shape index (κ1) is 14.7. The Bertz CT molecular complexity index is 269. The number of nitrogens with one attached hydrogen (secondary N) is 1. The molecule has 0 unspecified atom stereocenters. The van der Waals surface area contributed by atoms with Gasteiger partial charge in [-0.05, 0) is 34.6 Å². The number of nitrogens with zero attached hydrogens (tertiary/aromatic N) is 3. The summed E-state index contributed by atoms with van der Waals surface area (Å²) in [6.07, 6.45) is 4.34. The smallest absolute Gasteiger partial charge is 0.207 e. The van der Waals surface area contributed by atoms with Gasteiger partial charge in [0.2, 0.25) is 0 Å². The highest BCUT2D eigenvalue weighted by atomic mass is 31.2. The fraction of sp³-hybridized carbons (Fsp3) is 0.833. The van der Waals surface area contributed by atoms with Crippen LogP contribution in [0.1, 0.15) is 34.6 Å². The highest BCUT2D eigenvalue weighted by Gasteiger charge is 2.56. The lowest BCUT2D eigenvalue weighted by molar-refractivity contribution is 0.388. The van der Waals surface area contributed by atoms with Crippen molar-refractivity contribution in [3.05, 3.63) is 12.4 Å². The number of rotatable bonds is 4. The van der Waals surface area contributed by atoms with Gasteiger partial charge in [0, 0.05) is 32.7 Å². The molecule has 5 heteroatoms. The molecule has 0 radical (unpaired) electrons. The van der Waals surface area contributed by atoms with E-state index in [1.54, 1.807) is 0 Å². The summed E-state index contributed by atoms with van der Waals surface area (Å²) < 4.78 is 7.24. The minimum absolute atomic E-state index is 0.102. The van der Waals surface area contributed by atoms with Gasteiger partial charge in [-0.25, -0.2) is 9.34 Å². The summed E-state index contributed by atoms with van der Waals surface area (Å²) in [5, 5.41) is 3.86. The Labute approximate surface area is 107 Å². The average Bonchev–Trinajstić information content (AvgIpc) is 2.47. The average molecular weight is 259 g/mol. The molecular formula is C12H28N4P+. The van der Waals surface area contributed by atoms with Crippen LogP contribution in [-0.4, -0.2) is 46.7 Å². The van der Waals surface area contributed by atoms with E-state index in [2.05, 4.69) is 80.2 Å². The highest BCUT2D eigenvalue weighted by molar-refractivity contribution is 7.67. The zero-order valence-corrected chi connectivity index (χ0v) is 13.3. The van der Waals surface area contributed by atoms with Crippen LogP contribution in [0.5, 0.6) is 0 Å². The van der Waals surface area contributed by atoms with Crippen LogP contribution < -0.4 is 5.09 Å². The Kier molecular flexibility index (Phi) is 4.45. The highest BCUT2D eigenvalue weighted by Crippen LogP contribution is 2.66. The molecule has 1 N–H and O–H groups in total. The molecule has 0 amide bonds. The molecule has 17 heavy (non-hydrogen) atoms. The van der Waals surface area contributed by atoms with Gasteiger partial charge in [0.25, 0.3) is 0 Å². The van der Waals surface area contributed by atoms with Gasteiger partial charge in [-0.15, -0.1) is 9.76 Å². The van der Waals surface area contributed by atoms with Gasteiger partial charge in [0.1, 0.15) is 0 Å². The standard InChI is InChI=1S/C12H28N4P/c1-8-16(9-2)17(13-12(3,4)5)14(6)10-11-15(17)7/h10-11,13H,8-9H2,1-7H3/q+1. The summed E-state index contributed by atoms with van der Waals surface area (Å²) in [4.78, 5) is 0. The Hall–Kier alpha value is -0.310. The van der Waals surface area contributed by atoms with E-state index in [0.29, 0.717) is 0 Å². The van der Waals surface area contributed by atoms with Gasteiger partial charge < -0.3 is 0 Å². The molecule has 0 aliphatic carbocycles. The summed E-state index contributed by atoms with van der Waals surface area (Å²) in [5.74, 6) is 0. The maximum Gasteiger partial charge on any atom is 0.352 e. The van der Waals surface area contributed by atoms with Crippen LogP contribution >= 0.6 is 7.87 Å². The Morgan fingerprint density at radius 1 is 1.06 bits per heavy atom. The molecule has 0 aromatic heterocycles. The van der Waals surface area contributed by atoms with E-state index in [-0.39, 0.29) is 5.54 Å². The molecule has 1 aliphatic rings. The SMILES string of the molecule is CCN(CC)[P+]1(NC(C)(C)C)N(C)C=CN1C. The predicted octanol–water partition coefficient (Wildman–Crippen LogP) is 2.74. The molecular weight excluding hydrogens is 231 g/mol. The van der Waals surface area contributed by atoms with Crippen molar-refractivity contribution in [1.29, 1.82) is 0 Å². The maximum absolute atomic E-state index is 3.86. The molecule has 0 spiro atoms. The van der Waals surface area contributed by atoms with Crippen LogP contribution in [0.25, 0.3) is 0 Å². The minimum atomic E-state index is -1.62. The monoisotopic (exact) mass is 259 g/mol. The van der Waals surface area contributed by atoms with Crippen LogP contribution in [-0.2, 0) is 0 Å². The van der Waals surface area contributed by atoms with Crippen LogP contribution in [0.2, 0.25) is 0 Å². The van der Waals surface area contributed by atoms with Gasteiger partial charge >= 0.3 is 7.87 Å². The van der Waals surface area contributed by atoms with E-state index in [9.17, 15) is 0 Å². The summed E-state index contributed by atoms with van der Waals surface area (Å²) in [6, 6.07) is 0. The zero-order valence-electron chi connectivity index (χ0n) is 12.4. The lowest BCUT2D eigenvalue weighted by Crippen LogP contribution is -2.49. The largest absolute Gasteiger partial charge is 0.352 e. The van der Waals surface area contributed by atoms with Gasteiger partial charge in [-0.2, -0.15) is 0 Å². The number of hydrogen-bond donors (Lipinski definition) is 1. The quantitative estimate of drug-likeness (QED) is 0.784. The summed E-state index contributed by atoms with van der Waals surface area (Å²) in [7, 11) is 2.72. The van der Waals surface area contributed by atoms with E-state index in [1.807, 2.05) is 0 Å². The topological polar surface area (TPSA) is 21.8 Å². The second kappa shape index (κ2) is 5.13.